The van der Waals surface area contributed by atoms with Gasteiger partial charge in [-0.25, -0.2) is 0 Å². The Kier molecular flexibility index (Phi) is 3.57. The minimum absolute atomic E-state index is 0.508. The SMILES string of the molecule is C=Cc1cc(Cc2cccc(C(F)(F)F)c2)cs1. The molecule has 0 saturated carbocycles. The molecule has 0 N–H and O–H groups in total. The van der Waals surface area contributed by atoms with Gasteiger partial charge in [0.15, 0.2) is 0 Å². The van der Waals surface area contributed by atoms with Crippen molar-refractivity contribution in [2.75, 3.05) is 0 Å². The van der Waals surface area contributed by atoms with E-state index in [1.54, 1.807) is 12.1 Å². The zero-order valence-corrected chi connectivity index (χ0v) is 10.3. The average molecular weight is 268 g/mol. The number of thiophene rings is 1. The quantitative estimate of drug-likeness (QED) is 0.734. The first-order valence-corrected chi connectivity index (χ1v) is 6.23. The Balaban J connectivity index is 2.21. The van der Waals surface area contributed by atoms with Gasteiger partial charge in [0.25, 0.3) is 0 Å². The second-order valence-electron chi connectivity index (χ2n) is 3.94. The van der Waals surface area contributed by atoms with Crippen LogP contribution in [-0.4, -0.2) is 0 Å². The van der Waals surface area contributed by atoms with Gasteiger partial charge in [-0.1, -0.05) is 30.9 Å². The van der Waals surface area contributed by atoms with Crippen molar-refractivity contribution in [2.45, 2.75) is 12.6 Å². The zero-order valence-electron chi connectivity index (χ0n) is 9.50. The molecule has 0 atom stereocenters. The minimum atomic E-state index is -4.28. The van der Waals surface area contributed by atoms with Gasteiger partial charge >= 0.3 is 6.18 Å². The molecule has 0 unspecified atom stereocenters. The van der Waals surface area contributed by atoms with E-state index >= 15 is 0 Å². The van der Waals surface area contributed by atoms with Crippen molar-refractivity contribution in [1.29, 1.82) is 0 Å². The van der Waals surface area contributed by atoms with Crippen molar-refractivity contribution in [3.63, 3.8) is 0 Å². The Hall–Kier alpha value is -1.55. The van der Waals surface area contributed by atoms with E-state index in [2.05, 4.69) is 6.58 Å². The molecule has 0 saturated heterocycles. The van der Waals surface area contributed by atoms with Gasteiger partial charge < -0.3 is 0 Å². The third kappa shape index (κ3) is 3.01. The summed E-state index contributed by atoms with van der Waals surface area (Å²) in [5, 5.41) is 1.94. The van der Waals surface area contributed by atoms with E-state index < -0.39 is 11.7 Å². The molecule has 0 aliphatic rings. The Morgan fingerprint density at radius 1 is 1.17 bits per heavy atom. The molecule has 0 spiro atoms. The summed E-state index contributed by atoms with van der Waals surface area (Å²) in [5.74, 6) is 0. The van der Waals surface area contributed by atoms with Crippen LogP contribution in [0.15, 0.2) is 42.3 Å². The van der Waals surface area contributed by atoms with Crippen molar-refractivity contribution < 1.29 is 13.2 Å². The van der Waals surface area contributed by atoms with Gasteiger partial charge in [-0.15, -0.1) is 11.3 Å². The van der Waals surface area contributed by atoms with Crippen LogP contribution in [0.25, 0.3) is 6.08 Å². The second kappa shape index (κ2) is 4.98. The van der Waals surface area contributed by atoms with Crippen LogP contribution in [0.2, 0.25) is 0 Å². The fraction of sp³-hybridized carbons (Fsp3) is 0.143. The molecule has 1 aromatic heterocycles. The van der Waals surface area contributed by atoms with E-state index in [-0.39, 0.29) is 0 Å². The molecule has 0 fully saturated rings. The highest BCUT2D eigenvalue weighted by Crippen LogP contribution is 2.30. The van der Waals surface area contributed by atoms with Crippen LogP contribution in [0, 0.1) is 0 Å². The first-order valence-electron chi connectivity index (χ1n) is 5.35. The van der Waals surface area contributed by atoms with Crippen molar-refractivity contribution in [1.82, 2.24) is 0 Å². The van der Waals surface area contributed by atoms with E-state index in [4.69, 9.17) is 0 Å². The molecule has 94 valence electrons. The van der Waals surface area contributed by atoms with Crippen LogP contribution < -0.4 is 0 Å². The van der Waals surface area contributed by atoms with Gasteiger partial charge in [-0.05, 0) is 35.1 Å². The van der Waals surface area contributed by atoms with Crippen molar-refractivity contribution >= 4 is 17.4 Å². The van der Waals surface area contributed by atoms with E-state index in [0.717, 1.165) is 16.5 Å². The summed E-state index contributed by atoms with van der Waals surface area (Å²) in [6.07, 6.45) is -2.04. The summed E-state index contributed by atoms with van der Waals surface area (Å²) in [7, 11) is 0. The van der Waals surface area contributed by atoms with Gasteiger partial charge in [0.05, 0.1) is 5.56 Å². The third-order valence-electron chi connectivity index (χ3n) is 2.54. The first kappa shape index (κ1) is 12.9. The number of hydrogen-bond acceptors (Lipinski definition) is 1. The standard InChI is InChI=1S/C14H11F3S/c1-2-13-8-11(9-18-13)6-10-4-3-5-12(7-10)14(15,16)17/h2-5,7-9H,1,6H2. The van der Waals surface area contributed by atoms with E-state index in [1.165, 1.54) is 23.5 Å². The van der Waals surface area contributed by atoms with E-state index in [0.29, 0.717) is 12.0 Å². The van der Waals surface area contributed by atoms with Crippen molar-refractivity contribution in [3.8, 4) is 0 Å². The maximum atomic E-state index is 12.6. The van der Waals surface area contributed by atoms with Gasteiger partial charge in [0, 0.05) is 4.88 Å². The summed E-state index contributed by atoms with van der Waals surface area (Å²) in [5.41, 5.74) is 1.08. The Morgan fingerprint density at radius 3 is 2.56 bits per heavy atom. The lowest BCUT2D eigenvalue weighted by Gasteiger charge is -2.08. The molecule has 0 aliphatic heterocycles. The van der Waals surface area contributed by atoms with Crippen LogP contribution in [0.3, 0.4) is 0 Å². The molecular formula is C14H11F3S. The lowest BCUT2D eigenvalue weighted by molar-refractivity contribution is -0.137. The van der Waals surface area contributed by atoms with Gasteiger partial charge in [-0.3, -0.25) is 0 Å². The van der Waals surface area contributed by atoms with Crippen molar-refractivity contribution in [3.05, 3.63) is 63.9 Å². The lowest BCUT2D eigenvalue weighted by atomic mass is 10.0. The fourth-order valence-corrected chi connectivity index (χ4v) is 2.44. The Morgan fingerprint density at radius 2 is 1.94 bits per heavy atom. The number of halogens is 3. The topological polar surface area (TPSA) is 0 Å². The summed E-state index contributed by atoms with van der Waals surface area (Å²) in [6, 6.07) is 7.38. The molecule has 1 heterocycles. The summed E-state index contributed by atoms with van der Waals surface area (Å²) in [6.45, 7) is 3.66. The molecule has 18 heavy (non-hydrogen) atoms. The summed E-state index contributed by atoms with van der Waals surface area (Å²) < 4.78 is 37.7. The largest absolute Gasteiger partial charge is 0.416 e. The normalized spacial score (nSPS) is 11.5. The van der Waals surface area contributed by atoms with Crippen LogP contribution in [-0.2, 0) is 12.6 Å². The lowest BCUT2D eigenvalue weighted by Crippen LogP contribution is -2.05. The molecule has 2 aromatic rings. The second-order valence-corrected chi connectivity index (χ2v) is 4.88. The Bertz CT molecular complexity index is 552. The highest BCUT2D eigenvalue weighted by atomic mass is 32.1. The third-order valence-corrected chi connectivity index (χ3v) is 3.52. The van der Waals surface area contributed by atoms with E-state index in [1.807, 2.05) is 11.4 Å². The summed E-state index contributed by atoms with van der Waals surface area (Å²) in [4.78, 5) is 1.02. The maximum Gasteiger partial charge on any atom is 0.416 e. The minimum Gasteiger partial charge on any atom is -0.166 e. The summed E-state index contributed by atoms with van der Waals surface area (Å²) >= 11 is 1.54. The number of rotatable bonds is 3. The predicted molar refractivity (Wildman–Crippen MR) is 68.7 cm³/mol. The molecular weight excluding hydrogens is 257 g/mol. The van der Waals surface area contributed by atoms with Crippen molar-refractivity contribution in [2.24, 2.45) is 0 Å². The van der Waals surface area contributed by atoms with E-state index in [9.17, 15) is 13.2 Å². The highest BCUT2D eigenvalue weighted by molar-refractivity contribution is 7.11. The zero-order chi connectivity index (χ0) is 13.2. The average Bonchev–Trinajstić information content (AvgIpc) is 2.76. The molecule has 0 aliphatic carbocycles. The fourth-order valence-electron chi connectivity index (χ4n) is 1.69. The van der Waals surface area contributed by atoms with Crippen LogP contribution in [0.5, 0.6) is 0 Å². The van der Waals surface area contributed by atoms with Crippen LogP contribution in [0.1, 0.15) is 21.6 Å². The molecule has 2 rings (SSSR count). The molecule has 0 nitrogen and oxygen atoms in total. The Labute approximate surface area is 107 Å². The highest BCUT2D eigenvalue weighted by Gasteiger charge is 2.30. The molecule has 0 amide bonds. The monoisotopic (exact) mass is 268 g/mol. The molecule has 4 heteroatoms. The van der Waals surface area contributed by atoms with Gasteiger partial charge in [0.2, 0.25) is 0 Å². The maximum absolute atomic E-state index is 12.6. The van der Waals surface area contributed by atoms with Gasteiger partial charge in [-0.2, -0.15) is 13.2 Å². The molecule has 0 radical (unpaired) electrons. The number of benzene rings is 1. The van der Waals surface area contributed by atoms with Gasteiger partial charge in [0.1, 0.15) is 0 Å². The number of alkyl halides is 3. The molecule has 0 bridgehead atoms. The van der Waals surface area contributed by atoms with Crippen LogP contribution >= 0.6 is 11.3 Å². The van der Waals surface area contributed by atoms with Crippen LogP contribution in [0.4, 0.5) is 13.2 Å². The first-order chi connectivity index (χ1) is 8.49. The predicted octanol–water partition coefficient (Wildman–Crippen LogP) is 5.00. The number of hydrogen-bond donors (Lipinski definition) is 0. The molecule has 1 aromatic carbocycles. The smallest absolute Gasteiger partial charge is 0.166 e.